The number of amides is 1. The van der Waals surface area contributed by atoms with Crippen LogP contribution in [0.15, 0.2) is 54.7 Å². The Bertz CT molecular complexity index is 860. The number of aromatic nitrogens is 2. The first-order valence-corrected chi connectivity index (χ1v) is 6.92. The lowest BCUT2D eigenvalue weighted by Gasteiger charge is -2.10. The molecular weight excluding hydrogens is 300 g/mol. The van der Waals surface area contributed by atoms with Crippen molar-refractivity contribution in [3.8, 4) is 5.69 Å². The third kappa shape index (κ3) is 2.96. The van der Waals surface area contributed by atoms with Crippen molar-refractivity contribution in [3.05, 3.63) is 77.5 Å². The summed E-state index contributed by atoms with van der Waals surface area (Å²) in [6, 6.07) is 11.9. The molecule has 116 valence electrons. The Labute approximate surface area is 131 Å². The Balaban J connectivity index is 1.96. The lowest BCUT2D eigenvalue weighted by atomic mass is 10.2. The maximum Gasteiger partial charge on any atom is 0.259 e. The molecule has 0 aliphatic rings. The van der Waals surface area contributed by atoms with Gasteiger partial charge in [-0.15, -0.1) is 0 Å². The molecule has 0 fully saturated rings. The quantitative estimate of drug-likeness (QED) is 0.801. The molecule has 0 unspecified atom stereocenters. The second kappa shape index (κ2) is 6.00. The number of rotatable bonds is 3. The molecule has 3 rings (SSSR count). The molecule has 0 radical (unpaired) electrons. The zero-order chi connectivity index (χ0) is 16.4. The summed E-state index contributed by atoms with van der Waals surface area (Å²) >= 11 is 0. The monoisotopic (exact) mass is 313 g/mol. The van der Waals surface area contributed by atoms with Crippen LogP contribution in [0.1, 0.15) is 15.9 Å². The van der Waals surface area contributed by atoms with Gasteiger partial charge in [-0.3, -0.25) is 4.79 Å². The summed E-state index contributed by atoms with van der Waals surface area (Å²) in [6.07, 6.45) is 1.59. The predicted molar refractivity (Wildman–Crippen MR) is 82.6 cm³/mol. The highest BCUT2D eigenvalue weighted by Gasteiger charge is 2.17. The smallest absolute Gasteiger partial charge is 0.259 e. The summed E-state index contributed by atoms with van der Waals surface area (Å²) in [5, 5.41) is 6.80. The van der Waals surface area contributed by atoms with Gasteiger partial charge in [-0.05, 0) is 37.3 Å². The van der Waals surface area contributed by atoms with Crippen LogP contribution in [-0.4, -0.2) is 15.7 Å². The fourth-order valence-corrected chi connectivity index (χ4v) is 2.19. The number of nitrogens with one attached hydrogen (secondary N) is 1. The van der Waals surface area contributed by atoms with Crippen molar-refractivity contribution in [3.63, 3.8) is 0 Å². The Morgan fingerprint density at radius 2 is 1.87 bits per heavy atom. The number of carbonyl (C=O) groups excluding carboxylic acids is 1. The van der Waals surface area contributed by atoms with Crippen LogP contribution >= 0.6 is 0 Å². The largest absolute Gasteiger partial charge is 0.306 e. The van der Waals surface area contributed by atoms with E-state index < -0.39 is 17.5 Å². The minimum atomic E-state index is -0.785. The number of hydrogen-bond donors (Lipinski definition) is 1. The zero-order valence-corrected chi connectivity index (χ0v) is 12.3. The molecule has 0 atom stereocenters. The van der Waals surface area contributed by atoms with E-state index in [4.69, 9.17) is 0 Å². The molecular formula is C17H13F2N3O. The number of carbonyl (C=O) groups is 1. The van der Waals surface area contributed by atoms with Gasteiger partial charge in [0.25, 0.3) is 5.91 Å². The Morgan fingerprint density at radius 1 is 1.13 bits per heavy atom. The van der Waals surface area contributed by atoms with Crippen molar-refractivity contribution < 1.29 is 13.6 Å². The van der Waals surface area contributed by atoms with Gasteiger partial charge in [0.05, 0.1) is 17.4 Å². The van der Waals surface area contributed by atoms with Crippen molar-refractivity contribution in [1.29, 1.82) is 0 Å². The molecule has 1 N–H and O–H groups in total. The van der Waals surface area contributed by atoms with E-state index in [1.165, 1.54) is 4.68 Å². The molecule has 6 heteroatoms. The van der Waals surface area contributed by atoms with Crippen LogP contribution in [-0.2, 0) is 0 Å². The Hall–Kier alpha value is -3.02. The minimum Gasteiger partial charge on any atom is -0.306 e. The zero-order valence-electron chi connectivity index (χ0n) is 12.3. The average Bonchev–Trinajstić information content (AvgIpc) is 2.91. The summed E-state index contributed by atoms with van der Waals surface area (Å²) in [5.74, 6) is -1.79. The van der Waals surface area contributed by atoms with Crippen molar-refractivity contribution >= 4 is 11.7 Å². The lowest BCUT2D eigenvalue weighted by molar-refractivity contribution is 0.102. The molecule has 0 aliphatic carbocycles. The summed E-state index contributed by atoms with van der Waals surface area (Å²) in [6.45, 7) is 1.77. The molecule has 4 nitrogen and oxygen atoms in total. The van der Waals surface area contributed by atoms with Crippen LogP contribution in [0.25, 0.3) is 5.69 Å². The van der Waals surface area contributed by atoms with E-state index in [-0.39, 0.29) is 5.56 Å². The van der Waals surface area contributed by atoms with Gasteiger partial charge in [0.1, 0.15) is 17.5 Å². The third-order valence-corrected chi connectivity index (χ3v) is 3.36. The highest BCUT2D eigenvalue weighted by molar-refractivity contribution is 6.04. The Morgan fingerprint density at radius 3 is 2.61 bits per heavy atom. The van der Waals surface area contributed by atoms with Crippen molar-refractivity contribution in [2.45, 2.75) is 6.92 Å². The molecule has 2 aromatic carbocycles. The fraction of sp³-hybridized carbons (Fsp3) is 0.0588. The fourth-order valence-electron chi connectivity index (χ4n) is 2.19. The van der Waals surface area contributed by atoms with Gasteiger partial charge in [0.15, 0.2) is 0 Å². The summed E-state index contributed by atoms with van der Waals surface area (Å²) in [7, 11) is 0. The number of benzene rings is 2. The first kappa shape index (κ1) is 14.9. The van der Waals surface area contributed by atoms with E-state index in [1.54, 1.807) is 13.1 Å². The molecule has 0 spiro atoms. The number of aryl methyl sites for hydroxylation is 1. The molecule has 0 bridgehead atoms. The normalized spacial score (nSPS) is 10.6. The molecule has 1 amide bonds. The second-order valence-corrected chi connectivity index (χ2v) is 5.00. The first-order chi connectivity index (χ1) is 11.1. The van der Waals surface area contributed by atoms with Gasteiger partial charge in [-0.2, -0.15) is 5.10 Å². The highest BCUT2D eigenvalue weighted by atomic mass is 19.1. The topological polar surface area (TPSA) is 46.9 Å². The van der Waals surface area contributed by atoms with E-state index >= 15 is 0 Å². The van der Waals surface area contributed by atoms with Gasteiger partial charge in [0, 0.05) is 5.56 Å². The maximum absolute atomic E-state index is 13.7. The standard InChI is InChI=1S/C17H13F2N3O/c1-11-10-20-22(13-5-3-2-4-6-13)16(11)21-17(23)14-9-12(18)7-8-15(14)19/h2-10H,1H3,(H,21,23). The van der Waals surface area contributed by atoms with Crippen LogP contribution in [0, 0.1) is 18.6 Å². The van der Waals surface area contributed by atoms with E-state index in [2.05, 4.69) is 10.4 Å². The van der Waals surface area contributed by atoms with Gasteiger partial charge < -0.3 is 5.32 Å². The molecule has 1 heterocycles. The molecule has 0 saturated carbocycles. The van der Waals surface area contributed by atoms with Crippen LogP contribution in [0.5, 0.6) is 0 Å². The van der Waals surface area contributed by atoms with E-state index in [1.807, 2.05) is 30.3 Å². The van der Waals surface area contributed by atoms with E-state index in [0.717, 1.165) is 23.9 Å². The lowest BCUT2D eigenvalue weighted by Crippen LogP contribution is -2.17. The van der Waals surface area contributed by atoms with Crippen LogP contribution < -0.4 is 5.32 Å². The van der Waals surface area contributed by atoms with Crippen molar-refractivity contribution in [2.24, 2.45) is 0 Å². The number of hydrogen-bond acceptors (Lipinski definition) is 2. The highest BCUT2D eigenvalue weighted by Crippen LogP contribution is 2.21. The summed E-state index contributed by atoms with van der Waals surface area (Å²) in [5.41, 5.74) is 1.10. The molecule has 1 aromatic heterocycles. The van der Waals surface area contributed by atoms with E-state index in [0.29, 0.717) is 11.4 Å². The van der Waals surface area contributed by atoms with Gasteiger partial charge in [0.2, 0.25) is 0 Å². The SMILES string of the molecule is Cc1cnn(-c2ccccc2)c1NC(=O)c1cc(F)ccc1F. The van der Waals surface area contributed by atoms with Crippen LogP contribution in [0.3, 0.4) is 0 Å². The van der Waals surface area contributed by atoms with Gasteiger partial charge in [-0.25, -0.2) is 13.5 Å². The molecule has 3 aromatic rings. The summed E-state index contributed by atoms with van der Waals surface area (Å²) in [4.78, 5) is 12.3. The second-order valence-electron chi connectivity index (χ2n) is 5.00. The minimum absolute atomic E-state index is 0.356. The number of anilines is 1. The maximum atomic E-state index is 13.7. The van der Waals surface area contributed by atoms with Crippen molar-refractivity contribution in [2.75, 3.05) is 5.32 Å². The molecule has 23 heavy (non-hydrogen) atoms. The van der Waals surface area contributed by atoms with Gasteiger partial charge >= 0.3 is 0 Å². The number of para-hydroxylation sites is 1. The summed E-state index contributed by atoms with van der Waals surface area (Å²) < 4.78 is 28.5. The Kier molecular flexibility index (Phi) is 3.89. The van der Waals surface area contributed by atoms with Crippen molar-refractivity contribution in [1.82, 2.24) is 9.78 Å². The van der Waals surface area contributed by atoms with Gasteiger partial charge in [-0.1, -0.05) is 18.2 Å². The van der Waals surface area contributed by atoms with Crippen LogP contribution in [0.4, 0.5) is 14.6 Å². The first-order valence-electron chi connectivity index (χ1n) is 6.92. The van der Waals surface area contributed by atoms with E-state index in [9.17, 15) is 13.6 Å². The number of nitrogens with zero attached hydrogens (tertiary/aromatic N) is 2. The third-order valence-electron chi connectivity index (χ3n) is 3.36. The average molecular weight is 313 g/mol. The molecule has 0 aliphatic heterocycles. The number of halogens is 2. The predicted octanol–water partition coefficient (Wildman–Crippen LogP) is 3.71. The van der Waals surface area contributed by atoms with Crippen LogP contribution in [0.2, 0.25) is 0 Å². The molecule has 0 saturated heterocycles.